The van der Waals surface area contributed by atoms with Gasteiger partial charge in [0.2, 0.25) is 11.8 Å². The molecule has 0 fully saturated rings. The average molecular weight is 502 g/mol. The number of ether oxygens (including phenoxy) is 2. The van der Waals surface area contributed by atoms with Gasteiger partial charge in [-0.2, -0.15) is 0 Å². The quantitative estimate of drug-likeness (QED) is 0.169. The summed E-state index contributed by atoms with van der Waals surface area (Å²) in [5, 5.41) is 5.41. The number of carbonyl (C=O) groups is 3. The smallest absolute Gasteiger partial charge is 0.338 e. The van der Waals surface area contributed by atoms with Gasteiger partial charge in [-0.05, 0) is 33.8 Å². The van der Waals surface area contributed by atoms with Crippen molar-refractivity contribution in [2.45, 2.75) is 38.8 Å². The van der Waals surface area contributed by atoms with Crippen molar-refractivity contribution >= 4 is 30.0 Å². The van der Waals surface area contributed by atoms with Crippen molar-refractivity contribution in [1.29, 1.82) is 0 Å². The first-order valence-corrected chi connectivity index (χ1v) is 11.5. The number of rotatable bonds is 14. The summed E-state index contributed by atoms with van der Waals surface area (Å²) in [4.78, 5) is 48.8. The molecule has 1 aromatic heterocycles. The SMILES string of the molecule is CN=C/C=C/COCCNC(=O)C(C)(C)N=C=NC(C)(C)C(=O)NCCOC(=O)c1cc[n+](C)cc1. The van der Waals surface area contributed by atoms with Crippen molar-refractivity contribution in [1.82, 2.24) is 10.6 Å². The Morgan fingerprint density at radius 1 is 1.00 bits per heavy atom. The van der Waals surface area contributed by atoms with E-state index in [-0.39, 0.29) is 19.1 Å². The van der Waals surface area contributed by atoms with Gasteiger partial charge in [0.05, 0.1) is 31.3 Å². The maximum Gasteiger partial charge on any atom is 0.338 e. The van der Waals surface area contributed by atoms with E-state index in [4.69, 9.17) is 9.47 Å². The number of allylic oxidation sites excluding steroid dienone is 1. The molecule has 2 N–H and O–H groups in total. The van der Waals surface area contributed by atoms with E-state index in [1.54, 1.807) is 76.1 Å². The molecule has 0 unspecified atom stereocenters. The molecule has 11 heteroatoms. The van der Waals surface area contributed by atoms with Crippen molar-refractivity contribution < 1.29 is 28.4 Å². The summed E-state index contributed by atoms with van der Waals surface area (Å²) < 4.78 is 12.3. The minimum absolute atomic E-state index is 0.0136. The van der Waals surface area contributed by atoms with E-state index < -0.39 is 23.0 Å². The molecule has 1 heterocycles. The lowest BCUT2D eigenvalue weighted by Gasteiger charge is -2.19. The van der Waals surface area contributed by atoms with Gasteiger partial charge in [0.25, 0.3) is 0 Å². The molecule has 1 rings (SSSR count). The molecular formula is C25H37N6O5+. The van der Waals surface area contributed by atoms with Crippen LogP contribution in [0, 0.1) is 0 Å². The Balaban J connectivity index is 2.44. The third kappa shape index (κ3) is 11.6. The Hall–Kier alpha value is -3.69. The Morgan fingerprint density at radius 2 is 1.56 bits per heavy atom. The molecular weight excluding hydrogens is 464 g/mol. The molecule has 0 saturated heterocycles. The van der Waals surface area contributed by atoms with E-state index in [1.165, 1.54) is 0 Å². The molecule has 196 valence electrons. The summed E-state index contributed by atoms with van der Waals surface area (Å²) in [7, 11) is 3.53. The van der Waals surface area contributed by atoms with Crippen LogP contribution in [0.4, 0.5) is 0 Å². The fourth-order valence-corrected chi connectivity index (χ4v) is 2.43. The standard InChI is InChI=1S/C25H36N6O5/c1-24(2,22(33)27-12-17-35-16-8-7-11-26-5)29-19-30-25(3,4)23(34)28-13-18-36-21(32)20-9-14-31(6)15-10-20/h7-11,14-15H,12-13,16-18H2,1-6H3,(H-,27,28,33,34)/p+1/b8-7+,26-11?. The monoisotopic (exact) mass is 501 g/mol. The van der Waals surface area contributed by atoms with E-state index in [0.29, 0.717) is 25.3 Å². The zero-order valence-corrected chi connectivity index (χ0v) is 21.9. The highest BCUT2D eigenvalue weighted by molar-refractivity contribution is 5.89. The molecule has 0 aliphatic heterocycles. The summed E-state index contributed by atoms with van der Waals surface area (Å²) >= 11 is 0. The predicted octanol–water partition coefficient (Wildman–Crippen LogP) is 0.905. The normalized spacial score (nSPS) is 11.7. The maximum absolute atomic E-state index is 12.5. The largest absolute Gasteiger partial charge is 0.460 e. The number of carbonyl (C=O) groups excluding carboxylic acids is 3. The summed E-state index contributed by atoms with van der Waals surface area (Å²) in [5.74, 6) is -1.19. The van der Waals surface area contributed by atoms with Crippen LogP contribution in [-0.2, 0) is 26.1 Å². The second kappa shape index (κ2) is 15.3. The number of aryl methyl sites for hydroxylation is 1. The summed E-state index contributed by atoms with van der Waals surface area (Å²) in [6.07, 6.45) is 8.73. The van der Waals surface area contributed by atoms with Crippen LogP contribution in [-0.4, -0.2) is 81.0 Å². The minimum atomic E-state index is -1.18. The summed E-state index contributed by atoms with van der Waals surface area (Å²) in [6.45, 7) is 7.64. The number of nitrogens with zero attached hydrogens (tertiary/aromatic N) is 4. The Labute approximate surface area is 212 Å². The van der Waals surface area contributed by atoms with Crippen LogP contribution in [0.3, 0.4) is 0 Å². The maximum atomic E-state index is 12.5. The number of hydrogen-bond acceptors (Lipinski definition) is 8. The fourth-order valence-electron chi connectivity index (χ4n) is 2.43. The van der Waals surface area contributed by atoms with Gasteiger partial charge in [-0.1, -0.05) is 6.08 Å². The first-order valence-electron chi connectivity index (χ1n) is 11.5. The van der Waals surface area contributed by atoms with Crippen LogP contribution in [0.1, 0.15) is 38.1 Å². The van der Waals surface area contributed by atoms with Crippen LogP contribution in [0.2, 0.25) is 0 Å². The van der Waals surface area contributed by atoms with Crippen LogP contribution in [0.25, 0.3) is 0 Å². The van der Waals surface area contributed by atoms with Crippen molar-refractivity contribution in [2.24, 2.45) is 22.0 Å². The van der Waals surface area contributed by atoms with E-state index >= 15 is 0 Å². The molecule has 0 radical (unpaired) electrons. The molecule has 0 saturated carbocycles. The Bertz CT molecular complexity index is 993. The Morgan fingerprint density at radius 3 is 2.11 bits per heavy atom. The number of esters is 1. The predicted molar refractivity (Wildman–Crippen MR) is 136 cm³/mol. The van der Waals surface area contributed by atoms with Crippen LogP contribution in [0.15, 0.2) is 51.7 Å². The number of pyridine rings is 1. The minimum Gasteiger partial charge on any atom is -0.460 e. The highest BCUT2D eigenvalue weighted by Crippen LogP contribution is 2.10. The van der Waals surface area contributed by atoms with E-state index in [1.807, 2.05) is 13.1 Å². The number of aliphatic imine (C=N–C) groups is 3. The third-order valence-electron chi connectivity index (χ3n) is 4.72. The van der Waals surface area contributed by atoms with Gasteiger partial charge in [-0.3, -0.25) is 14.6 Å². The molecule has 0 aliphatic rings. The number of amides is 2. The highest BCUT2D eigenvalue weighted by Gasteiger charge is 2.28. The average Bonchev–Trinajstić information content (AvgIpc) is 2.83. The highest BCUT2D eigenvalue weighted by atomic mass is 16.5. The second-order valence-corrected chi connectivity index (χ2v) is 8.75. The van der Waals surface area contributed by atoms with Crippen molar-refractivity contribution in [3.05, 3.63) is 42.2 Å². The fraction of sp³-hybridized carbons (Fsp3) is 0.520. The number of nitrogens with one attached hydrogen (secondary N) is 2. The lowest BCUT2D eigenvalue weighted by molar-refractivity contribution is -0.671. The molecule has 0 aromatic carbocycles. The van der Waals surface area contributed by atoms with Crippen LogP contribution < -0.4 is 15.2 Å². The van der Waals surface area contributed by atoms with Crippen LogP contribution in [0.5, 0.6) is 0 Å². The molecule has 36 heavy (non-hydrogen) atoms. The second-order valence-electron chi connectivity index (χ2n) is 8.75. The van der Waals surface area contributed by atoms with E-state index in [9.17, 15) is 14.4 Å². The third-order valence-corrected chi connectivity index (χ3v) is 4.72. The molecule has 0 atom stereocenters. The first-order chi connectivity index (χ1) is 17.0. The van der Waals surface area contributed by atoms with Crippen molar-refractivity contribution in [2.75, 3.05) is 40.0 Å². The van der Waals surface area contributed by atoms with Gasteiger partial charge in [-0.25, -0.2) is 19.3 Å². The molecule has 0 aliphatic carbocycles. The lowest BCUT2D eigenvalue weighted by Crippen LogP contribution is -2.43. The summed E-state index contributed by atoms with van der Waals surface area (Å²) in [5.41, 5.74) is -1.89. The van der Waals surface area contributed by atoms with Gasteiger partial charge >= 0.3 is 5.97 Å². The Kier molecular flexibility index (Phi) is 12.9. The topological polar surface area (TPSA) is 135 Å². The number of hydrogen-bond donors (Lipinski definition) is 2. The molecule has 0 bridgehead atoms. The van der Waals surface area contributed by atoms with Crippen molar-refractivity contribution in [3.63, 3.8) is 0 Å². The van der Waals surface area contributed by atoms with Crippen LogP contribution >= 0.6 is 0 Å². The van der Waals surface area contributed by atoms with Gasteiger partial charge in [0.15, 0.2) is 12.4 Å². The zero-order valence-electron chi connectivity index (χ0n) is 21.9. The molecule has 11 nitrogen and oxygen atoms in total. The van der Waals surface area contributed by atoms with Crippen molar-refractivity contribution in [3.8, 4) is 0 Å². The van der Waals surface area contributed by atoms with Gasteiger partial charge < -0.3 is 20.1 Å². The molecule has 0 spiro atoms. The van der Waals surface area contributed by atoms with E-state index in [0.717, 1.165) is 0 Å². The summed E-state index contributed by atoms with van der Waals surface area (Å²) in [6, 6.07) is 5.78. The van der Waals surface area contributed by atoms with Gasteiger partial charge in [0.1, 0.15) is 24.7 Å². The van der Waals surface area contributed by atoms with Gasteiger partial charge in [-0.15, -0.1) is 0 Å². The molecule has 1 aromatic rings. The molecule has 2 amide bonds. The van der Waals surface area contributed by atoms with Gasteiger partial charge in [0, 0.05) is 31.9 Å². The number of aromatic nitrogens is 1. The first kappa shape index (κ1) is 30.3. The zero-order chi connectivity index (χ0) is 27.0. The van der Waals surface area contributed by atoms with E-state index in [2.05, 4.69) is 31.6 Å². The lowest BCUT2D eigenvalue weighted by atomic mass is 10.1.